The molecule has 4 saturated carbocycles. The highest BCUT2D eigenvalue weighted by Crippen LogP contribution is 2.75. The summed E-state index contributed by atoms with van der Waals surface area (Å²) in [6.07, 6.45) is 16.2. The molecule has 42 heavy (non-hydrogen) atoms. The van der Waals surface area contributed by atoms with Crippen LogP contribution in [0.1, 0.15) is 120 Å². The van der Waals surface area contributed by atoms with Crippen molar-refractivity contribution < 1.29 is 19.2 Å². The Labute approximate surface area is 254 Å². The number of carbonyl (C=O) groups excluding carboxylic acids is 3. The van der Waals surface area contributed by atoms with Crippen LogP contribution >= 0.6 is 0 Å². The molecule has 0 heterocycles. The minimum Gasteiger partial charge on any atom is -0.353 e. The van der Waals surface area contributed by atoms with Crippen LogP contribution in [0.2, 0.25) is 0 Å². The van der Waals surface area contributed by atoms with E-state index in [-0.39, 0.29) is 62.6 Å². The molecule has 1 N–H and O–H groups in total. The predicted molar refractivity (Wildman–Crippen MR) is 164 cm³/mol. The van der Waals surface area contributed by atoms with E-state index in [0.29, 0.717) is 18.9 Å². The lowest BCUT2D eigenvalue weighted by Crippen LogP contribution is -2.67. The summed E-state index contributed by atoms with van der Waals surface area (Å²) in [4.78, 5) is 45.9. The second kappa shape index (κ2) is 9.94. The van der Waals surface area contributed by atoms with Crippen LogP contribution in [0.25, 0.3) is 0 Å². The van der Waals surface area contributed by atoms with Gasteiger partial charge in [-0.25, -0.2) is 0 Å². The molecule has 0 aromatic heterocycles. The van der Waals surface area contributed by atoms with Crippen LogP contribution in [0, 0.1) is 62.7 Å². The van der Waals surface area contributed by atoms with Gasteiger partial charge >= 0.3 is 0 Å². The maximum Gasteiger partial charge on any atom is 0.264 e. The number of ketones is 1. The molecule has 5 aliphatic rings. The van der Waals surface area contributed by atoms with Crippen molar-refractivity contribution in [3.63, 3.8) is 0 Å². The van der Waals surface area contributed by atoms with E-state index in [2.05, 4.69) is 59.0 Å². The lowest BCUT2D eigenvalue weighted by molar-refractivity contribution is -0.192. The third-order valence-electron chi connectivity index (χ3n) is 14.1. The average Bonchev–Trinajstić information content (AvgIpc) is 2.90. The van der Waals surface area contributed by atoms with Gasteiger partial charge in [0.05, 0.1) is 12.0 Å². The first-order chi connectivity index (χ1) is 19.4. The molecular formula is C36H54N2O4. The van der Waals surface area contributed by atoms with Gasteiger partial charge in [0.15, 0.2) is 5.78 Å². The molecule has 4 fully saturated rings. The van der Waals surface area contributed by atoms with Crippen molar-refractivity contribution in [2.45, 2.75) is 126 Å². The molecule has 0 aromatic carbocycles. The third kappa shape index (κ3) is 4.19. The largest absolute Gasteiger partial charge is 0.353 e. The highest BCUT2D eigenvalue weighted by atomic mass is 16.7. The molecular weight excluding hydrogens is 524 g/mol. The highest BCUT2D eigenvalue weighted by molar-refractivity contribution is 5.96. The summed E-state index contributed by atoms with van der Waals surface area (Å²) in [5.41, 5.74) is 0.209. The molecule has 0 spiro atoms. The predicted octanol–water partition coefficient (Wildman–Crippen LogP) is 6.84. The first kappa shape index (κ1) is 31.3. The SMILES string of the molecule is C#CN(OCC)C(=O)[C@@]1(C)CC[C@]2(C)CC[C@]3(C)C(=CC(=O)[C@@H]4[C@@]5(C)CC[C@H](NC(C)=O)C(C)(C)C5CC[C@]43C)[C@@H]2C1. The van der Waals surface area contributed by atoms with Crippen molar-refractivity contribution >= 4 is 17.6 Å². The van der Waals surface area contributed by atoms with Crippen LogP contribution in [-0.4, -0.2) is 35.3 Å². The first-order valence-corrected chi connectivity index (χ1v) is 16.4. The van der Waals surface area contributed by atoms with Gasteiger partial charge < -0.3 is 5.32 Å². The summed E-state index contributed by atoms with van der Waals surface area (Å²) in [5, 5.41) is 4.35. The molecule has 5 aliphatic carbocycles. The zero-order chi connectivity index (χ0) is 31.1. The summed E-state index contributed by atoms with van der Waals surface area (Å²) in [6.45, 7) is 20.1. The zero-order valence-corrected chi connectivity index (χ0v) is 27.6. The second-order valence-electron chi connectivity index (χ2n) is 16.5. The molecule has 0 aliphatic heterocycles. The first-order valence-electron chi connectivity index (χ1n) is 16.4. The number of nitrogens with zero attached hydrogens (tertiary/aromatic N) is 1. The fraction of sp³-hybridized carbons (Fsp3) is 0.806. The van der Waals surface area contributed by atoms with Crippen molar-refractivity contribution in [3.05, 3.63) is 11.6 Å². The highest BCUT2D eigenvalue weighted by Gasteiger charge is 2.70. The van der Waals surface area contributed by atoms with Gasteiger partial charge in [-0.2, -0.15) is 0 Å². The van der Waals surface area contributed by atoms with Crippen molar-refractivity contribution in [1.29, 1.82) is 0 Å². The molecule has 0 radical (unpaired) electrons. The Balaban J connectivity index is 1.54. The van der Waals surface area contributed by atoms with Crippen molar-refractivity contribution in [2.24, 2.45) is 50.2 Å². The Hall–Kier alpha value is -2.13. The molecule has 2 amide bonds. The maximum absolute atomic E-state index is 14.6. The van der Waals surface area contributed by atoms with Gasteiger partial charge in [-0.15, -0.1) is 5.06 Å². The number of allylic oxidation sites excluding steroid dienone is 2. The number of terminal acetylenes is 1. The van der Waals surface area contributed by atoms with E-state index in [0.717, 1.165) is 56.4 Å². The molecule has 5 rings (SSSR count). The fourth-order valence-electron chi connectivity index (χ4n) is 11.4. The van der Waals surface area contributed by atoms with E-state index in [1.54, 1.807) is 6.92 Å². The maximum atomic E-state index is 14.6. The Morgan fingerprint density at radius 3 is 2.31 bits per heavy atom. The molecule has 9 atom stereocenters. The number of hydroxylamine groups is 2. The Bertz CT molecular complexity index is 1250. The van der Waals surface area contributed by atoms with Gasteiger partial charge in [-0.3, -0.25) is 19.2 Å². The molecule has 0 bridgehead atoms. The van der Waals surface area contributed by atoms with Gasteiger partial charge in [0.25, 0.3) is 5.91 Å². The standard InChI is InChI=1S/C36H54N2O4/c1-11-38(42-12-2)30(41)33(7)18-17-32(6)19-20-35(9)24(25(32)22-33)21-26(40)29-34(8)15-14-28(37-23(3)39)31(4,5)27(34)13-16-36(29,35)10/h1,21,25,27-29H,12-20,22H2,2-10H3,(H,37,39)/t25-,27?,28-,29+,32+,33-,34-,35+,36+/m0/s1. The van der Waals surface area contributed by atoms with Gasteiger partial charge in [-0.1, -0.05) is 60.5 Å². The van der Waals surface area contributed by atoms with E-state index in [1.807, 2.05) is 13.8 Å². The Morgan fingerprint density at radius 1 is 1.02 bits per heavy atom. The average molecular weight is 579 g/mol. The second-order valence-corrected chi connectivity index (χ2v) is 16.5. The smallest absolute Gasteiger partial charge is 0.264 e. The van der Waals surface area contributed by atoms with Gasteiger partial charge in [0.2, 0.25) is 5.91 Å². The van der Waals surface area contributed by atoms with Crippen LogP contribution in [0.15, 0.2) is 11.6 Å². The van der Waals surface area contributed by atoms with Crippen LogP contribution in [0.3, 0.4) is 0 Å². The third-order valence-corrected chi connectivity index (χ3v) is 14.1. The number of rotatable bonds is 4. The van der Waals surface area contributed by atoms with E-state index in [9.17, 15) is 14.4 Å². The molecule has 1 unspecified atom stereocenters. The minimum atomic E-state index is -0.638. The van der Waals surface area contributed by atoms with Crippen molar-refractivity contribution in [1.82, 2.24) is 10.4 Å². The zero-order valence-electron chi connectivity index (χ0n) is 27.6. The molecule has 232 valence electrons. The van der Waals surface area contributed by atoms with E-state index in [4.69, 9.17) is 11.3 Å². The van der Waals surface area contributed by atoms with Gasteiger partial charge in [-0.05, 0) is 110 Å². The molecule has 0 saturated heterocycles. The number of carbonyl (C=O) groups is 3. The monoisotopic (exact) mass is 578 g/mol. The van der Waals surface area contributed by atoms with Crippen molar-refractivity contribution in [2.75, 3.05) is 6.61 Å². The summed E-state index contributed by atoms with van der Waals surface area (Å²) >= 11 is 0. The Kier molecular flexibility index (Phi) is 7.41. The topological polar surface area (TPSA) is 75.7 Å². The summed E-state index contributed by atoms with van der Waals surface area (Å²) < 4.78 is 0. The van der Waals surface area contributed by atoms with E-state index in [1.165, 1.54) is 5.57 Å². The number of hydrogen-bond donors (Lipinski definition) is 1. The summed E-state index contributed by atoms with van der Waals surface area (Å²) in [6, 6.07) is 2.57. The molecule has 6 heteroatoms. The number of fused-ring (bicyclic) bond motifs is 7. The fourth-order valence-corrected chi connectivity index (χ4v) is 11.4. The normalized spacial score (nSPS) is 45.6. The van der Waals surface area contributed by atoms with Gasteiger partial charge in [0.1, 0.15) is 0 Å². The van der Waals surface area contributed by atoms with Crippen molar-refractivity contribution in [3.8, 4) is 12.5 Å². The quantitative estimate of drug-likeness (QED) is 0.225. The Morgan fingerprint density at radius 2 is 1.69 bits per heavy atom. The number of nitrogens with one attached hydrogen (secondary N) is 1. The lowest BCUT2D eigenvalue weighted by atomic mass is 9.33. The summed E-state index contributed by atoms with van der Waals surface area (Å²) in [5.74, 6) is 0.632. The summed E-state index contributed by atoms with van der Waals surface area (Å²) in [7, 11) is 0. The minimum absolute atomic E-state index is 0.0287. The van der Waals surface area contributed by atoms with Gasteiger partial charge in [0, 0.05) is 24.9 Å². The molecule has 0 aromatic rings. The molecule has 6 nitrogen and oxygen atoms in total. The van der Waals surface area contributed by atoms with Crippen LogP contribution in [0.4, 0.5) is 0 Å². The van der Waals surface area contributed by atoms with Crippen LogP contribution < -0.4 is 5.32 Å². The number of amides is 2. The van der Waals surface area contributed by atoms with Crippen LogP contribution in [-0.2, 0) is 19.2 Å². The van der Waals surface area contributed by atoms with Crippen LogP contribution in [0.5, 0.6) is 0 Å². The van der Waals surface area contributed by atoms with E-state index >= 15 is 0 Å². The lowest BCUT2D eigenvalue weighted by Gasteiger charge is -2.70. The number of hydrogen-bond acceptors (Lipinski definition) is 4. The van der Waals surface area contributed by atoms with E-state index < -0.39 is 5.41 Å².